The molecule has 1 atom stereocenters. The first kappa shape index (κ1) is 20.9. The molecule has 146 valence electrons. The summed E-state index contributed by atoms with van der Waals surface area (Å²) in [6, 6.07) is 4.23. The second-order valence-corrected chi connectivity index (χ2v) is 9.63. The van der Waals surface area contributed by atoms with Crippen molar-refractivity contribution in [3.8, 4) is 0 Å². The van der Waals surface area contributed by atoms with Crippen molar-refractivity contribution in [1.82, 2.24) is 13.9 Å². The predicted octanol–water partition coefficient (Wildman–Crippen LogP) is 2.31. The van der Waals surface area contributed by atoms with Gasteiger partial charge in [-0.05, 0) is 62.8 Å². The highest BCUT2D eigenvalue weighted by Gasteiger charge is 2.32. The number of hydrogen-bond acceptors (Lipinski definition) is 3. The topological polar surface area (TPSA) is 69.7 Å². The van der Waals surface area contributed by atoms with Gasteiger partial charge in [-0.3, -0.25) is 4.79 Å². The number of carbonyl (C=O) groups is 1. The monoisotopic (exact) mass is 381 g/mol. The molecular weight excluding hydrogens is 350 g/mol. The Hall–Kier alpha value is -1.44. The number of nitrogens with one attached hydrogen (secondary N) is 1. The first-order chi connectivity index (χ1) is 12.0. The van der Waals surface area contributed by atoms with Gasteiger partial charge in [0.15, 0.2) is 0 Å². The van der Waals surface area contributed by atoms with Crippen LogP contribution in [-0.4, -0.2) is 50.1 Å². The van der Waals surface area contributed by atoms with E-state index in [1.807, 2.05) is 6.92 Å². The molecule has 0 unspecified atom stereocenters. The summed E-state index contributed by atoms with van der Waals surface area (Å²) in [7, 11) is -0.336. The molecule has 2 rings (SSSR count). The van der Waals surface area contributed by atoms with Gasteiger partial charge in [-0.15, -0.1) is 0 Å². The van der Waals surface area contributed by atoms with E-state index in [1.54, 1.807) is 0 Å². The van der Waals surface area contributed by atoms with Crippen molar-refractivity contribution < 1.29 is 13.2 Å². The van der Waals surface area contributed by atoms with Crippen LogP contribution in [0.25, 0.3) is 0 Å². The Morgan fingerprint density at radius 3 is 2.19 bits per heavy atom. The van der Waals surface area contributed by atoms with E-state index in [4.69, 9.17) is 0 Å². The quantitative estimate of drug-likeness (QED) is 0.851. The maximum Gasteiger partial charge on any atom is 0.281 e. The summed E-state index contributed by atoms with van der Waals surface area (Å²) in [4.78, 5) is 12.6. The van der Waals surface area contributed by atoms with Crippen LogP contribution in [0.3, 0.4) is 0 Å². The number of hydrogen-bond donors (Lipinski definition) is 1. The minimum atomic E-state index is -3.39. The van der Waals surface area contributed by atoms with E-state index >= 15 is 0 Å². The Labute approximate surface area is 157 Å². The van der Waals surface area contributed by atoms with Gasteiger partial charge in [-0.2, -0.15) is 17.0 Å². The lowest BCUT2D eigenvalue weighted by molar-refractivity contribution is -0.126. The van der Waals surface area contributed by atoms with Gasteiger partial charge >= 0.3 is 0 Å². The van der Waals surface area contributed by atoms with Gasteiger partial charge in [0, 0.05) is 33.1 Å². The number of aryl methyl sites for hydroxylation is 3. The van der Waals surface area contributed by atoms with Crippen molar-refractivity contribution in [1.29, 1.82) is 0 Å². The van der Waals surface area contributed by atoms with Crippen molar-refractivity contribution in [3.05, 3.63) is 34.4 Å². The highest BCUT2D eigenvalue weighted by molar-refractivity contribution is 7.86. The van der Waals surface area contributed by atoms with E-state index < -0.39 is 10.2 Å². The van der Waals surface area contributed by atoms with E-state index in [2.05, 4.69) is 38.2 Å². The number of rotatable bonds is 5. The summed E-state index contributed by atoms with van der Waals surface area (Å²) < 4.78 is 27.0. The number of carbonyl (C=O) groups excluding carboxylic acids is 1. The van der Waals surface area contributed by atoms with Gasteiger partial charge in [0.25, 0.3) is 10.2 Å². The molecule has 1 aliphatic rings. The first-order valence-electron chi connectivity index (χ1n) is 9.09. The van der Waals surface area contributed by atoms with Crippen LogP contribution in [0, 0.1) is 26.7 Å². The fourth-order valence-corrected chi connectivity index (χ4v) is 4.57. The van der Waals surface area contributed by atoms with Gasteiger partial charge in [0.2, 0.25) is 5.91 Å². The summed E-state index contributed by atoms with van der Waals surface area (Å²) in [5.41, 5.74) is 4.77. The Bertz CT molecular complexity index is 766. The number of piperidine rings is 1. The highest BCUT2D eigenvalue weighted by atomic mass is 32.2. The fourth-order valence-electron chi connectivity index (χ4n) is 3.44. The zero-order chi connectivity index (χ0) is 19.6. The smallest absolute Gasteiger partial charge is 0.281 e. The summed E-state index contributed by atoms with van der Waals surface area (Å²) >= 11 is 0. The van der Waals surface area contributed by atoms with E-state index in [0.29, 0.717) is 25.9 Å². The molecule has 1 aromatic carbocycles. The van der Waals surface area contributed by atoms with Crippen LogP contribution in [0.2, 0.25) is 0 Å². The van der Waals surface area contributed by atoms with Crippen LogP contribution in [-0.2, 0) is 15.0 Å². The lowest BCUT2D eigenvalue weighted by atomic mass is 9.94. The van der Waals surface area contributed by atoms with Crippen molar-refractivity contribution in [2.24, 2.45) is 5.92 Å². The molecule has 0 bridgehead atoms. The van der Waals surface area contributed by atoms with Gasteiger partial charge in [-0.1, -0.05) is 12.1 Å². The van der Waals surface area contributed by atoms with Gasteiger partial charge in [0.1, 0.15) is 0 Å². The second kappa shape index (κ2) is 8.06. The normalized spacial score (nSPS) is 18.1. The first-order valence-corrected chi connectivity index (χ1v) is 10.5. The lowest BCUT2D eigenvalue weighted by Crippen LogP contribution is -2.47. The molecule has 1 amide bonds. The van der Waals surface area contributed by atoms with Crippen LogP contribution in [0.1, 0.15) is 48.1 Å². The molecular formula is C19H31N3O3S. The number of nitrogens with zero attached hydrogens (tertiary/aromatic N) is 2. The van der Waals surface area contributed by atoms with Crippen LogP contribution in [0.4, 0.5) is 0 Å². The van der Waals surface area contributed by atoms with Crippen molar-refractivity contribution >= 4 is 16.1 Å². The summed E-state index contributed by atoms with van der Waals surface area (Å²) in [6.07, 6.45) is 1.11. The Morgan fingerprint density at radius 1 is 1.12 bits per heavy atom. The molecule has 0 spiro atoms. The van der Waals surface area contributed by atoms with Gasteiger partial charge in [0.05, 0.1) is 6.04 Å². The Morgan fingerprint density at radius 2 is 1.65 bits per heavy atom. The summed E-state index contributed by atoms with van der Waals surface area (Å²) in [5, 5.41) is 3.11. The molecule has 26 heavy (non-hydrogen) atoms. The molecule has 7 heteroatoms. The van der Waals surface area contributed by atoms with Crippen molar-refractivity contribution in [2.75, 3.05) is 27.2 Å². The van der Waals surface area contributed by atoms with Crippen LogP contribution in [0.5, 0.6) is 0 Å². The maximum atomic E-state index is 12.6. The minimum absolute atomic E-state index is 0.0111. The SMILES string of the molecule is Cc1cc(C)c([C@H](C)NC(=O)C2CCN(S(=O)(=O)N(C)C)CC2)cc1C. The molecule has 0 aliphatic carbocycles. The number of benzene rings is 1. The second-order valence-electron chi connectivity index (χ2n) is 7.49. The third-order valence-electron chi connectivity index (χ3n) is 5.32. The molecule has 1 N–H and O–H groups in total. The largest absolute Gasteiger partial charge is 0.349 e. The zero-order valence-electron chi connectivity index (χ0n) is 16.7. The van der Waals surface area contributed by atoms with Crippen LogP contribution >= 0.6 is 0 Å². The maximum absolute atomic E-state index is 12.6. The van der Waals surface area contributed by atoms with Crippen LogP contribution in [0.15, 0.2) is 12.1 Å². The summed E-state index contributed by atoms with van der Waals surface area (Å²) in [6.45, 7) is 9.00. The van der Waals surface area contributed by atoms with Gasteiger partial charge < -0.3 is 5.32 Å². The standard InChI is InChI=1S/C19H31N3O3S/c1-13-11-15(3)18(12-14(13)2)16(4)20-19(23)17-7-9-22(10-8-17)26(24,25)21(5)6/h11-12,16-17H,7-10H2,1-6H3,(H,20,23)/t16-/m0/s1. The third-order valence-corrected chi connectivity index (χ3v) is 7.26. The molecule has 6 nitrogen and oxygen atoms in total. The Balaban J connectivity index is 1.98. The molecule has 1 heterocycles. The minimum Gasteiger partial charge on any atom is -0.349 e. The zero-order valence-corrected chi connectivity index (χ0v) is 17.5. The van der Waals surface area contributed by atoms with E-state index in [1.165, 1.54) is 39.4 Å². The predicted molar refractivity (Wildman–Crippen MR) is 104 cm³/mol. The van der Waals surface area contributed by atoms with Gasteiger partial charge in [-0.25, -0.2) is 0 Å². The van der Waals surface area contributed by atoms with Crippen molar-refractivity contribution in [2.45, 2.75) is 46.6 Å². The number of amides is 1. The molecule has 1 saturated heterocycles. The van der Waals surface area contributed by atoms with Crippen molar-refractivity contribution in [3.63, 3.8) is 0 Å². The van der Waals surface area contributed by atoms with E-state index in [9.17, 15) is 13.2 Å². The third kappa shape index (κ3) is 4.45. The average Bonchev–Trinajstić information content (AvgIpc) is 2.57. The molecule has 0 aromatic heterocycles. The fraction of sp³-hybridized carbons (Fsp3) is 0.632. The molecule has 1 aliphatic heterocycles. The molecule has 1 aromatic rings. The molecule has 0 radical (unpaired) electrons. The lowest BCUT2D eigenvalue weighted by Gasteiger charge is -2.32. The summed E-state index contributed by atoms with van der Waals surface area (Å²) in [5.74, 6) is -0.130. The Kier molecular flexibility index (Phi) is 6.47. The van der Waals surface area contributed by atoms with E-state index in [-0.39, 0.29) is 17.9 Å². The average molecular weight is 382 g/mol. The van der Waals surface area contributed by atoms with E-state index in [0.717, 1.165) is 5.56 Å². The van der Waals surface area contributed by atoms with Crippen LogP contribution < -0.4 is 5.32 Å². The highest BCUT2D eigenvalue weighted by Crippen LogP contribution is 2.24. The molecule has 0 saturated carbocycles. The molecule has 1 fully saturated rings.